The fourth-order valence-corrected chi connectivity index (χ4v) is 3.24. The normalized spacial score (nSPS) is 14.8. The standard InChI is InChI=1S/C21H24ClNO3/c1-13(2)26-20-17(22)11-16(12-18(20)25-3)21(24)23-19(15-9-10-15)14-7-5-4-6-8-14/h4-8,11-13,15,19H,9-10H2,1-3H3,(H,23,24)/t19-/m1/s1. The largest absolute Gasteiger partial charge is 0.493 e. The molecule has 0 aromatic heterocycles. The second kappa shape index (κ2) is 8.00. The molecule has 0 bridgehead atoms. The number of nitrogens with one attached hydrogen (secondary N) is 1. The summed E-state index contributed by atoms with van der Waals surface area (Å²) < 4.78 is 11.1. The van der Waals surface area contributed by atoms with E-state index in [2.05, 4.69) is 17.4 Å². The molecule has 26 heavy (non-hydrogen) atoms. The first kappa shape index (κ1) is 18.6. The van der Waals surface area contributed by atoms with Gasteiger partial charge in [0.05, 0.1) is 24.3 Å². The maximum absolute atomic E-state index is 12.8. The van der Waals surface area contributed by atoms with Crippen molar-refractivity contribution in [2.45, 2.75) is 38.8 Å². The SMILES string of the molecule is COc1cc(C(=O)N[C@H](c2ccccc2)C2CC2)cc(Cl)c1OC(C)C. The third-order valence-electron chi connectivity index (χ3n) is 4.38. The van der Waals surface area contributed by atoms with Crippen LogP contribution in [0.4, 0.5) is 0 Å². The molecule has 1 aliphatic carbocycles. The molecule has 0 radical (unpaired) electrons. The van der Waals surface area contributed by atoms with Crippen LogP contribution in [-0.2, 0) is 0 Å². The molecule has 2 aromatic carbocycles. The number of amides is 1. The van der Waals surface area contributed by atoms with Gasteiger partial charge < -0.3 is 14.8 Å². The van der Waals surface area contributed by atoms with Crippen LogP contribution >= 0.6 is 11.6 Å². The molecule has 1 saturated carbocycles. The minimum absolute atomic E-state index is 0.0139. The Labute approximate surface area is 159 Å². The van der Waals surface area contributed by atoms with Crippen LogP contribution in [0.1, 0.15) is 48.7 Å². The van der Waals surface area contributed by atoms with Crippen molar-refractivity contribution in [2.75, 3.05) is 7.11 Å². The van der Waals surface area contributed by atoms with Gasteiger partial charge in [-0.05, 0) is 50.3 Å². The summed E-state index contributed by atoms with van der Waals surface area (Å²) in [6, 6.07) is 13.4. The van der Waals surface area contributed by atoms with E-state index in [0.717, 1.165) is 18.4 Å². The van der Waals surface area contributed by atoms with Gasteiger partial charge in [0.25, 0.3) is 5.91 Å². The smallest absolute Gasteiger partial charge is 0.251 e. The van der Waals surface area contributed by atoms with Crippen molar-refractivity contribution < 1.29 is 14.3 Å². The summed E-state index contributed by atoms with van der Waals surface area (Å²) in [6.07, 6.45) is 2.22. The average molecular weight is 374 g/mol. The van der Waals surface area contributed by atoms with E-state index in [-0.39, 0.29) is 18.1 Å². The lowest BCUT2D eigenvalue weighted by molar-refractivity contribution is 0.0931. The summed E-state index contributed by atoms with van der Waals surface area (Å²) in [5.41, 5.74) is 1.59. The minimum atomic E-state index is -0.165. The second-order valence-corrected chi connectivity index (χ2v) is 7.26. The van der Waals surface area contributed by atoms with Gasteiger partial charge in [-0.15, -0.1) is 0 Å². The average Bonchev–Trinajstić information content (AvgIpc) is 3.46. The lowest BCUT2D eigenvalue weighted by Gasteiger charge is -2.20. The summed E-state index contributed by atoms with van der Waals surface area (Å²) in [4.78, 5) is 12.8. The number of carbonyl (C=O) groups is 1. The molecule has 1 fully saturated rings. The van der Waals surface area contributed by atoms with Gasteiger partial charge in [-0.1, -0.05) is 41.9 Å². The number of halogens is 1. The summed E-state index contributed by atoms with van der Waals surface area (Å²) in [7, 11) is 1.54. The molecular weight excluding hydrogens is 350 g/mol. The van der Waals surface area contributed by atoms with Crippen molar-refractivity contribution in [3.63, 3.8) is 0 Å². The van der Waals surface area contributed by atoms with Crippen LogP contribution in [0.15, 0.2) is 42.5 Å². The monoisotopic (exact) mass is 373 g/mol. The first-order valence-corrected chi connectivity index (χ1v) is 9.27. The summed E-state index contributed by atoms with van der Waals surface area (Å²) >= 11 is 6.34. The Bertz CT molecular complexity index is 772. The van der Waals surface area contributed by atoms with Gasteiger partial charge >= 0.3 is 0 Å². The first-order valence-electron chi connectivity index (χ1n) is 8.89. The summed E-state index contributed by atoms with van der Waals surface area (Å²) in [5.74, 6) is 1.24. The predicted molar refractivity (Wildman–Crippen MR) is 103 cm³/mol. The van der Waals surface area contributed by atoms with Crippen LogP contribution in [0.3, 0.4) is 0 Å². The van der Waals surface area contributed by atoms with Crippen LogP contribution in [0.5, 0.6) is 11.5 Å². The van der Waals surface area contributed by atoms with Gasteiger partial charge in [-0.25, -0.2) is 0 Å². The van der Waals surface area contributed by atoms with Crippen molar-refractivity contribution in [3.05, 3.63) is 58.6 Å². The number of carbonyl (C=O) groups excluding carboxylic acids is 1. The molecule has 0 heterocycles. The van der Waals surface area contributed by atoms with Gasteiger partial charge in [-0.2, -0.15) is 0 Å². The molecule has 138 valence electrons. The Morgan fingerprint density at radius 2 is 1.88 bits per heavy atom. The molecule has 1 N–H and O–H groups in total. The van der Waals surface area contributed by atoms with E-state index < -0.39 is 0 Å². The fraction of sp³-hybridized carbons (Fsp3) is 0.381. The zero-order chi connectivity index (χ0) is 18.7. The lowest BCUT2D eigenvalue weighted by atomic mass is 10.0. The molecule has 4 nitrogen and oxygen atoms in total. The van der Waals surface area contributed by atoms with E-state index >= 15 is 0 Å². The molecule has 1 aliphatic rings. The molecule has 1 amide bonds. The maximum Gasteiger partial charge on any atom is 0.251 e. The molecular formula is C21H24ClNO3. The van der Waals surface area contributed by atoms with Crippen LogP contribution in [0.25, 0.3) is 0 Å². The number of methoxy groups -OCH3 is 1. The Morgan fingerprint density at radius 3 is 2.46 bits per heavy atom. The van der Waals surface area contributed by atoms with Crippen molar-refractivity contribution in [1.82, 2.24) is 5.32 Å². The molecule has 0 spiro atoms. The second-order valence-electron chi connectivity index (χ2n) is 6.86. The number of ether oxygens (including phenoxy) is 2. The van der Waals surface area contributed by atoms with Gasteiger partial charge in [0.15, 0.2) is 11.5 Å². The number of hydrogen-bond donors (Lipinski definition) is 1. The topological polar surface area (TPSA) is 47.6 Å². The Hall–Kier alpha value is -2.20. The van der Waals surface area contributed by atoms with Crippen molar-refractivity contribution in [3.8, 4) is 11.5 Å². The number of benzene rings is 2. The molecule has 5 heteroatoms. The molecule has 0 unspecified atom stereocenters. The molecule has 3 rings (SSSR count). The number of rotatable bonds is 7. The molecule has 0 saturated heterocycles. The van der Waals surface area contributed by atoms with Gasteiger partial charge in [0.1, 0.15) is 0 Å². The zero-order valence-corrected chi connectivity index (χ0v) is 16.0. The van der Waals surface area contributed by atoms with E-state index in [1.54, 1.807) is 12.1 Å². The van der Waals surface area contributed by atoms with Crippen molar-refractivity contribution in [2.24, 2.45) is 5.92 Å². The third kappa shape index (κ3) is 4.31. The van der Waals surface area contributed by atoms with E-state index in [4.69, 9.17) is 21.1 Å². The predicted octanol–water partition coefficient (Wildman–Crippen LogP) is 5.02. The Morgan fingerprint density at radius 1 is 1.19 bits per heavy atom. The quantitative estimate of drug-likeness (QED) is 0.741. The van der Waals surface area contributed by atoms with Gasteiger partial charge in [-0.3, -0.25) is 4.79 Å². The van der Waals surface area contributed by atoms with Gasteiger partial charge in [0.2, 0.25) is 0 Å². The highest BCUT2D eigenvalue weighted by Gasteiger charge is 2.33. The summed E-state index contributed by atoms with van der Waals surface area (Å²) in [6.45, 7) is 3.83. The third-order valence-corrected chi connectivity index (χ3v) is 4.66. The van der Waals surface area contributed by atoms with E-state index in [9.17, 15) is 4.79 Å². The molecule has 0 aliphatic heterocycles. The van der Waals surface area contributed by atoms with Crippen LogP contribution in [0.2, 0.25) is 5.02 Å². The zero-order valence-electron chi connectivity index (χ0n) is 15.3. The highest BCUT2D eigenvalue weighted by atomic mass is 35.5. The highest BCUT2D eigenvalue weighted by Crippen LogP contribution is 2.41. The van der Waals surface area contributed by atoms with Crippen LogP contribution in [0, 0.1) is 5.92 Å². The van der Waals surface area contributed by atoms with Crippen molar-refractivity contribution >= 4 is 17.5 Å². The van der Waals surface area contributed by atoms with E-state index in [0.29, 0.717) is 28.0 Å². The van der Waals surface area contributed by atoms with Gasteiger partial charge in [0, 0.05) is 5.56 Å². The number of hydrogen-bond acceptors (Lipinski definition) is 3. The Kier molecular flexibility index (Phi) is 5.72. The molecule has 1 atom stereocenters. The maximum atomic E-state index is 12.8. The van der Waals surface area contributed by atoms with Crippen molar-refractivity contribution in [1.29, 1.82) is 0 Å². The van der Waals surface area contributed by atoms with E-state index in [1.807, 2.05) is 32.0 Å². The fourth-order valence-electron chi connectivity index (χ4n) is 2.99. The first-order chi connectivity index (χ1) is 12.5. The molecule has 2 aromatic rings. The van der Waals surface area contributed by atoms with Crippen LogP contribution < -0.4 is 14.8 Å². The van der Waals surface area contributed by atoms with E-state index in [1.165, 1.54) is 7.11 Å². The minimum Gasteiger partial charge on any atom is -0.493 e. The van der Waals surface area contributed by atoms with Crippen LogP contribution in [-0.4, -0.2) is 19.1 Å². The highest BCUT2D eigenvalue weighted by molar-refractivity contribution is 6.32. The Balaban J connectivity index is 1.84. The lowest BCUT2D eigenvalue weighted by Crippen LogP contribution is -2.30. The summed E-state index contributed by atoms with van der Waals surface area (Å²) in [5, 5.41) is 3.52.